The molecule has 0 bridgehead atoms. The third kappa shape index (κ3) is 20.2. The van der Waals surface area contributed by atoms with Gasteiger partial charge in [-0.2, -0.15) is 0 Å². The fraction of sp³-hybridized carbons (Fsp3) is 0.647. The maximum Gasteiger partial charge on any atom is 0.0818 e. The molecule has 2 aromatic heterocycles. The van der Waals surface area contributed by atoms with Crippen molar-refractivity contribution in [1.29, 1.82) is 0 Å². The molecule has 43 heavy (non-hydrogen) atoms. The van der Waals surface area contributed by atoms with Crippen LogP contribution in [0.25, 0.3) is 0 Å². The molecule has 0 aliphatic rings. The van der Waals surface area contributed by atoms with Crippen LogP contribution in [0.2, 0.25) is 8.87 Å². The van der Waals surface area contributed by atoms with Crippen LogP contribution in [0.5, 0.6) is 0 Å². The van der Waals surface area contributed by atoms with Gasteiger partial charge in [-0.3, -0.25) is 0 Å². The molecule has 0 spiro atoms. The molecule has 0 N–H and O–H groups in total. The van der Waals surface area contributed by atoms with E-state index in [1.807, 2.05) is 22.9 Å². The minimum Gasteiger partial charge on any atom is -0.544 e. The molecule has 2 heterocycles. The van der Waals surface area contributed by atoms with Gasteiger partial charge in [-0.15, -0.1) is 22.7 Å². The average Bonchev–Trinajstić information content (AvgIpc) is 3.63. The smallest absolute Gasteiger partial charge is 0.0818 e. The summed E-state index contributed by atoms with van der Waals surface area (Å²) in [6, 6.07) is 3.84. The van der Waals surface area contributed by atoms with Crippen molar-refractivity contribution >= 4 is 67.3 Å². The number of unbranched alkanes of at least 4 members (excludes halogenated alkanes) is 2. The van der Waals surface area contributed by atoms with E-state index in [-0.39, 0.29) is 32.7 Å². The van der Waals surface area contributed by atoms with Gasteiger partial charge in [0, 0.05) is 0 Å². The van der Waals surface area contributed by atoms with E-state index in [1.165, 1.54) is 61.2 Å². The number of carbonyl (C=O) groups is 4. The van der Waals surface area contributed by atoms with Crippen LogP contribution in [0.1, 0.15) is 136 Å². The molecular weight excluding hydrogens is 687 g/mol. The quantitative estimate of drug-likeness (QED) is 0.105. The molecule has 0 saturated carbocycles. The predicted octanol–water partition coefficient (Wildman–Crippen LogP) is 7.23. The van der Waals surface area contributed by atoms with Gasteiger partial charge in [-0.25, -0.2) is 0 Å². The minimum atomic E-state index is -1.03. The second-order valence-electron chi connectivity index (χ2n) is 11.0. The normalized spacial score (nSPS) is 11.7. The number of rotatable bonds is 20. The van der Waals surface area contributed by atoms with Gasteiger partial charge in [0.05, 0.1) is 21.7 Å². The zero-order chi connectivity index (χ0) is 32.6. The summed E-state index contributed by atoms with van der Waals surface area (Å²) in [5, 5.41) is 25.4. The standard InChI is InChI=1S/2C13H20O2S.2C4H7O.Sn/c2*1-3-5-6-10(4-2)9-11-7-8-16-12(11)13(14)15;2*1-3-4(2)5;/h2*7-8,10H,3-6,9H2,1-2H3,(H,14,15);2*1,3H2,2H3;/q;;;;+2/p-2. The first-order valence-corrected chi connectivity index (χ1v) is 21.5. The van der Waals surface area contributed by atoms with Crippen molar-refractivity contribution in [2.75, 3.05) is 0 Å². The van der Waals surface area contributed by atoms with Gasteiger partial charge >= 0.3 is 77.9 Å². The summed E-state index contributed by atoms with van der Waals surface area (Å²) in [6.07, 6.45) is 12.7. The molecule has 2 aromatic rings. The molecule has 0 aliphatic heterocycles. The molecular formula is C34H52O6S2Sn. The van der Waals surface area contributed by atoms with E-state index < -0.39 is 11.9 Å². The zero-order valence-corrected chi connectivity index (χ0v) is 31.6. The van der Waals surface area contributed by atoms with Crippen LogP contribution in [-0.2, 0) is 22.4 Å². The first-order chi connectivity index (χ1) is 20.5. The number of carboxylic acids is 2. The zero-order valence-electron chi connectivity index (χ0n) is 27.1. The summed E-state index contributed by atoms with van der Waals surface area (Å²) in [7, 11) is 0. The van der Waals surface area contributed by atoms with Crippen LogP contribution >= 0.6 is 22.7 Å². The Bertz CT molecular complexity index is 979. The van der Waals surface area contributed by atoms with E-state index in [1.54, 1.807) is 13.8 Å². The number of aromatic carboxylic acids is 2. The number of hydrogen-bond donors (Lipinski definition) is 0. The molecule has 2 rings (SSSR count). The Labute approximate surface area is 278 Å². The van der Waals surface area contributed by atoms with Gasteiger partial charge in [0.1, 0.15) is 0 Å². The number of thiophene rings is 2. The molecule has 9 heteroatoms. The average molecular weight is 740 g/mol. The molecule has 240 valence electrons. The van der Waals surface area contributed by atoms with Crippen molar-refractivity contribution in [3.05, 3.63) is 43.8 Å². The van der Waals surface area contributed by atoms with E-state index in [9.17, 15) is 29.4 Å². The van der Waals surface area contributed by atoms with Gasteiger partial charge < -0.3 is 19.8 Å². The van der Waals surface area contributed by atoms with Crippen LogP contribution in [0.4, 0.5) is 0 Å². The van der Waals surface area contributed by atoms with Crippen molar-refractivity contribution < 1.29 is 29.4 Å². The Hall–Kier alpha value is -1.52. The Kier molecular flexibility index (Phi) is 24.9. The number of hydrogen-bond acceptors (Lipinski definition) is 8. The predicted molar refractivity (Wildman–Crippen MR) is 177 cm³/mol. The number of Topliss-reactive ketones (excluding diaryl/α,β-unsaturated/α-hetero) is 2. The molecule has 0 aromatic carbocycles. The Morgan fingerprint density at radius 2 is 1.07 bits per heavy atom. The fourth-order valence-electron chi connectivity index (χ4n) is 4.51. The van der Waals surface area contributed by atoms with E-state index in [2.05, 4.69) is 27.7 Å². The van der Waals surface area contributed by atoms with Gasteiger partial charge in [0.15, 0.2) is 0 Å². The largest absolute Gasteiger partial charge is 0.544 e. The molecule has 0 fully saturated rings. The SMILES string of the molecule is CC(=O)C[CH2][Sn+2][CH2]CC(C)=O.CCCCC(CC)Cc1ccsc1C(=O)[O-].CCCCC(CC)Cc1ccsc1C(=O)[O-]. The number of carboxylic acid groups (broad SMARTS) is 2. The van der Waals surface area contributed by atoms with Crippen LogP contribution < -0.4 is 10.2 Å². The topological polar surface area (TPSA) is 114 Å². The van der Waals surface area contributed by atoms with Gasteiger partial charge in [-0.05, 0) is 58.7 Å². The van der Waals surface area contributed by atoms with Gasteiger partial charge in [0.25, 0.3) is 0 Å². The summed E-state index contributed by atoms with van der Waals surface area (Å²) >= 11 is 2.18. The molecule has 0 aliphatic carbocycles. The van der Waals surface area contributed by atoms with Crippen molar-refractivity contribution in [3.8, 4) is 0 Å². The second kappa shape index (κ2) is 25.8. The van der Waals surface area contributed by atoms with Gasteiger partial charge in [-0.1, -0.05) is 79.1 Å². The number of ketones is 2. The summed E-state index contributed by atoms with van der Waals surface area (Å²) in [6.45, 7) is 12.0. The van der Waals surface area contributed by atoms with E-state index in [0.29, 0.717) is 21.6 Å². The molecule has 6 nitrogen and oxygen atoms in total. The number of carbonyl (C=O) groups excluding carboxylic acids is 4. The van der Waals surface area contributed by atoms with Crippen molar-refractivity contribution in [3.63, 3.8) is 0 Å². The van der Waals surface area contributed by atoms with Crippen LogP contribution in [0.3, 0.4) is 0 Å². The van der Waals surface area contributed by atoms with E-state index in [4.69, 9.17) is 0 Å². The van der Waals surface area contributed by atoms with Crippen molar-refractivity contribution in [1.82, 2.24) is 0 Å². The molecule has 2 unspecified atom stereocenters. The van der Waals surface area contributed by atoms with Crippen molar-refractivity contribution in [2.24, 2.45) is 11.8 Å². The molecule has 2 atom stereocenters. The summed E-state index contributed by atoms with van der Waals surface area (Å²) < 4.78 is 2.21. The Morgan fingerprint density at radius 3 is 1.35 bits per heavy atom. The molecule has 0 saturated heterocycles. The van der Waals surface area contributed by atoms with Gasteiger partial charge in [0.2, 0.25) is 0 Å². The van der Waals surface area contributed by atoms with Crippen molar-refractivity contribution in [2.45, 2.75) is 127 Å². The third-order valence-electron chi connectivity index (χ3n) is 7.28. The maximum atomic E-state index is 10.9. The second-order valence-corrected chi connectivity index (χ2v) is 17.1. The molecule has 0 amide bonds. The maximum absolute atomic E-state index is 10.9. The first kappa shape index (κ1) is 41.5. The van der Waals surface area contributed by atoms with Crippen LogP contribution in [-0.4, -0.2) is 44.6 Å². The summed E-state index contributed by atoms with van der Waals surface area (Å²) in [5.41, 5.74) is 1.90. The minimum absolute atomic E-state index is 0.286. The Balaban J connectivity index is 0.000000629. The summed E-state index contributed by atoms with van der Waals surface area (Å²) in [5.74, 6) is -0.284. The van der Waals surface area contributed by atoms with E-state index in [0.717, 1.165) is 58.5 Å². The van der Waals surface area contributed by atoms with Crippen LogP contribution in [0.15, 0.2) is 22.9 Å². The molecule has 0 radical (unpaired) electrons. The first-order valence-electron chi connectivity index (χ1n) is 15.7. The Morgan fingerprint density at radius 1 is 0.698 bits per heavy atom. The fourth-order valence-corrected chi connectivity index (χ4v) is 9.78. The summed E-state index contributed by atoms with van der Waals surface area (Å²) in [4.78, 5) is 43.6. The van der Waals surface area contributed by atoms with Crippen LogP contribution in [0, 0.1) is 11.8 Å². The van der Waals surface area contributed by atoms with E-state index >= 15 is 0 Å². The third-order valence-corrected chi connectivity index (χ3v) is 12.6. The monoisotopic (exact) mass is 740 g/mol.